The fourth-order valence-corrected chi connectivity index (χ4v) is 5.60. The van der Waals surface area contributed by atoms with E-state index in [9.17, 15) is 9.59 Å². The zero-order chi connectivity index (χ0) is 26.9. The van der Waals surface area contributed by atoms with Crippen molar-refractivity contribution in [1.82, 2.24) is 25.1 Å². The van der Waals surface area contributed by atoms with Gasteiger partial charge in [0.25, 0.3) is 0 Å². The molecule has 9 heteroatoms. The second-order valence-corrected chi connectivity index (χ2v) is 10.6. The van der Waals surface area contributed by atoms with E-state index in [0.717, 1.165) is 72.6 Å². The highest BCUT2D eigenvalue weighted by Crippen LogP contribution is 2.37. The number of nitrogens with one attached hydrogen (secondary N) is 3. The van der Waals surface area contributed by atoms with Crippen molar-refractivity contribution in [2.75, 3.05) is 5.32 Å². The Kier molecular flexibility index (Phi) is 6.50. The molecular weight excluding hydrogens is 508 g/mol. The number of Topliss-reactive ketones (excluding diaryl/α,β-unsaturated/α-hetero) is 1. The van der Waals surface area contributed by atoms with Crippen molar-refractivity contribution in [2.45, 2.75) is 33.1 Å². The predicted molar refractivity (Wildman–Crippen MR) is 156 cm³/mol. The first-order valence-electron chi connectivity index (χ1n) is 12.8. The quantitative estimate of drug-likeness (QED) is 0.178. The number of aromatic nitrogens is 5. The number of hydrogen-bond donors (Lipinski definition) is 3. The lowest BCUT2D eigenvalue weighted by Crippen LogP contribution is -2.11. The van der Waals surface area contributed by atoms with E-state index in [2.05, 4.69) is 49.5 Å². The Morgan fingerprint density at radius 3 is 2.72 bits per heavy atom. The first-order valence-corrected chi connectivity index (χ1v) is 13.6. The number of aromatic amines is 2. The predicted octanol–water partition coefficient (Wildman–Crippen LogP) is 7.23. The topological polar surface area (TPSA) is 116 Å². The van der Waals surface area contributed by atoms with Crippen molar-refractivity contribution in [2.24, 2.45) is 0 Å². The first-order chi connectivity index (χ1) is 19.0. The molecule has 0 saturated carbocycles. The number of unbranched alkanes of at least 4 members (excludes halogenated alkanes) is 1. The van der Waals surface area contributed by atoms with Crippen LogP contribution in [0.25, 0.3) is 54.9 Å². The summed E-state index contributed by atoms with van der Waals surface area (Å²) >= 11 is 1.50. The van der Waals surface area contributed by atoms with Crippen molar-refractivity contribution in [3.63, 3.8) is 0 Å². The Hall–Kier alpha value is -4.63. The molecule has 3 N–H and O–H groups in total. The molecule has 0 saturated heterocycles. The van der Waals surface area contributed by atoms with Gasteiger partial charge in [-0.2, -0.15) is 5.10 Å². The van der Waals surface area contributed by atoms with Gasteiger partial charge in [-0.25, -0.2) is 0 Å². The summed E-state index contributed by atoms with van der Waals surface area (Å²) in [5, 5.41) is 12.6. The summed E-state index contributed by atoms with van der Waals surface area (Å²) in [6, 6.07) is 16.0. The van der Waals surface area contributed by atoms with Crippen molar-refractivity contribution in [1.29, 1.82) is 0 Å². The highest BCUT2D eigenvalue weighted by Gasteiger charge is 2.16. The van der Waals surface area contributed by atoms with Crippen LogP contribution in [0.5, 0.6) is 0 Å². The summed E-state index contributed by atoms with van der Waals surface area (Å²) in [4.78, 5) is 38.3. The second kappa shape index (κ2) is 10.3. The zero-order valence-corrected chi connectivity index (χ0v) is 22.4. The van der Waals surface area contributed by atoms with E-state index >= 15 is 0 Å². The van der Waals surface area contributed by atoms with Gasteiger partial charge in [-0.15, -0.1) is 11.3 Å². The third kappa shape index (κ3) is 4.84. The minimum atomic E-state index is -0.0189. The van der Waals surface area contributed by atoms with Crippen LogP contribution in [0, 0.1) is 0 Å². The Morgan fingerprint density at radius 2 is 1.90 bits per heavy atom. The van der Waals surface area contributed by atoms with E-state index < -0.39 is 0 Å². The number of thiophene rings is 1. The Bertz CT molecular complexity index is 1850. The molecule has 0 radical (unpaired) electrons. The molecule has 8 nitrogen and oxygen atoms in total. The number of ketones is 1. The summed E-state index contributed by atoms with van der Waals surface area (Å²) in [6.07, 6.45) is 7.44. The maximum Gasteiger partial charge on any atom is 0.224 e. The van der Waals surface area contributed by atoms with E-state index in [0.29, 0.717) is 12.1 Å². The highest BCUT2D eigenvalue weighted by atomic mass is 32.1. The Labute approximate surface area is 228 Å². The molecule has 0 aliphatic heterocycles. The van der Waals surface area contributed by atoms with Crippen molar-refractivity contribution < 1.29 is 9.59 Å². The number of rotatable bonds is 8. The van der Waals surface area contributed by atoms with Crippen LogP contribution in [0.2, 0.25) is 0 Å². The number of nitrogens with zero attached hydrogens (tertiary/aromatic N) is 3. The second-order valence-electron chi connectivity index (χ2n) is 9.47. The lowest BCUT2D eigenvalue weighted by atomic mass is 10.1. The Balaban J connectivity index is 1.36. The number of carbonyl (C=O) groups excluding carboxylic acids is 2. The smallest absolute Gasteiger partial charge is 0.224 e. The lowest BCUT2D eigenvalue weighted by Gasteiger charge is -2.07. The van der Waals surface area contributed by atoms with Crippen LogP contribution in [0.4, 0.5) is 5.69 Å². The van der Waals surface area contributed by atoms with Crippen LogP contribution in [-0.2, 0) is 4.79 Å². The standard InChI is InChI=1S/C30H26N6O2S/c1-3-4-8-29(38)33-19-11-18(14-31-15-19)24-13-22-26(16-32-24)35-36-30(22)25-12-21-20(6-5-7-23(21)34-25)28-10-9-27(39-28)17(2)37/h5-7,9-16,34H,3-4,8H2,1-2H3,(H,33,38)(H,35,36). The van der Waals surface area contributed by atoms with E-state index in [1.807, 2.05) is 36.4 Å². The minimum Gasteiger partial charge on any atom is -0.353 e. The number of H-pyrrole nitrogens is 2. The average molecular weight is 535 g/mol. The van der Waals surface area contributed by atoms with E-state index in [4.69, 9.17) is 0 Å². The van der Waals surface area contributed by atoms with Gasteiger partial charge < -0.3 is 10.3 Å². The third-order valence-electron chi connectivity index (χ3n) is 6.66. The molecule has 194 valence electrons. The van der Waals surface area contributed by atoms with Crippen molar-refractivity contribution >= 4 is 50.5 Å². The largest absolute Gasteiger partial charge is 0.353 e. The van der Waals surface area contributed by atoms with Gasteiger partial charge in [-0.3, -0.25) is 24.7 Å². The zero-order valence-electron chi connectivity index (χ0n) is 21.5. The monoisotopic (exact) mass is 534 g/mol. The number of pyridine rings is 2. The van der Waals surface area contributed by atoms with Gasteiger partial charge in [0.2, 0.25) is 5.91 Å². The van der Waals surface area contributed by atoms with Gasteiger partial charge in [-0.1, -0.05) is 25.5 Å². The number of amides is 1. The molecule has 0 spiro atoms. The number of hydrogen-bond acceptors (Lipinski definition) is 6. The molecule has 0 bridgehead atoms. The summed E-state index contributed by atoms with van der Waals surface area (Å²) in [5.74, 6) is 0.0507. The third-order valence-corrected chi connectivity index (χ3v) is 7.88. The minimum absolute atomic E-state index is 0.0189. The van der Waals surface area contributed by atoms with Gasteiger partial charge in [-0.05, 0) is 49.7 Å². The summed E-state index contributed by atoms with van der Waals surface area (Å²) < 4.78 is 0. The first kappa shape index (κ1) is 24.7. The molecule has 0 atom stereocenters. The molecule has 5 heterocycles. The van der Waals surface area contributed by atoms with E-state index in [-0.39, 0.29) is 11.7 Å². The molecule has 39 heavy (non-hydrogen) atoms. The van der Waals surface area contributed by atoms with Gasteiger partial charge >= 0.3 is 0 Å². The summed E-state index contributed by atoms with van der Waals surface area (Å²) in [5.41, 5.74) is 6.70. The molecular formula is C30H26N6O2S. The number of benzene rings is 1. The van der Waals surface area contributed by atoms with Crippen LogP contribution >= 0.6 is 11.3 Å². The fraction of sp³-hybridized carbons (Fsp3) is 0.167. The molecule has 6 rings (SSSR count). The molecule has 0 aliphatic rings. The van der Waals surface area contributed by atoms with Gasteiger partial charge in [0.1, 0.15) is 5.69 Å². The number of carbonyl (C=O) groups is 2. The maximum atomic E-state index is 12.2. The van der Waals surface area contributed by atoms with E-state index in [1.165, 1.54) is 11.3 Å². The molecule has 6 aromatic rings. The number of anilines is 1. The summed E-state index contributed by atoms with van der Waals surface area (Å²) in [6.45, 7) is 3.65. The SMILES string of the molecule is CCCCC(=O)Nc1cncc(-c2cc3c(-c4cc5c(-c6ccc(C(C)=O)s6)cccc5[nH]4)n[nH]c3cn2)c1. The fourth-order valence-electron chi connectivity index (χ4n) is 4.66. The molecule has 0 aliphatic carbocycles. The van der Waals surface area contributed by atoms with Crippen molar-refractivity contribution in [3.05, 3.63) is 72.0 Å². The van der Waals surface area contributed by atoms with Crippen molar-refractivity contribution in [3.8, 4) is 33.1 Å². The molecule has 1 amide bonds. The van der Waals surface area contributed by atoms with Crippen LogP contribution in [0.1, 0.15) is 42.8 Å². The lowest BCUT2D eigenvalue weighted by molar-refractivity contribution is -0.116. The Morgan fingerprint density at radius 1 is 1.00 bits per heavy atom. The van der Waals surface area contributed by atoms with Gasteiger partial charge in [0.05, 0.1) is 39.9 Å². The van der Waals surface area contributed by atoms with Crippen LogP contribution in [0.15, 0.2) is 67.1 Å². The molecule has 1 aromatic carbocycles. The molecule has 0 unspecified atom stereocenters. The van der Waals surface area contributed by atoms with Crippen LogP contribution in [0.3, 0.4) is 0 Å². The molecule has 0 fully saturated rings. The highest BCUT2D eigenvalue weighted by molar-refractivity contribution is 7.17. The van der Waals surface area contributed by atoms with Crippen LogP contribution in [-0.4, -0.2) is 36.8 Å². The van der Waals surface area contributed by atoms with Gasteiger partial charge in [0, 0.05) is 44.9 Å². The van der Waals surface area contributed by atoms with E-state index in [1.54, 1.807) is 25.5 Å². The number of fused-ring (bicyclic) bond motifs is 2. The van der Waals surface area contributed by atoms with Crippen LogP contribution < -0.4 is 5.32 Å². The molecule has 5 aromatic heterocycles. The summed E-state index contributed by atoms with van der Waals surface area (Å²) in [7, 11) is 0. The van der Waals surface area contributed by atoms with Gasteiger partial charge in [0.15, 0.2) is 5.78 Å². The normalized spacial score (nSPS) is 11.3. The maximum absolute atomic E-state index is 12.2. The average Bonchev–Trinajstić information content (AvgIpc) is 3.69.